The van der Waals surface area contributed by atoms with Crippen LogP contribution in [-0.2, 0) is 16.0 Å². The van der Waals surface area contributed by atoms with E-state index in [1.807, 2.05) is 38.0 Å². The minimum Gasteiger partial charge on any atom is -0.399 e. The first-order valence-corrected chi connectivity index (χ1v) is 6.12. The number of unbranched alkanes of at least 4 members (excludes halogenated alkanes) is 1. The summed E-state index contributed by atoms with van der Waals surface area (Å²) in [4.78, 5) is 19.2. The maximum atomic E-state index is 11.2. The van der Waals surface area contributed by atoms with Gasteiger partial charge in [0.15, 0.2) is 0 Å². The Labute approximate surface area is 109 Å². The zero-order valence-corrected chi connectivity index (χ0v) is 10.9. The lowest BCUT2D eigenvalue weighted by atomic mass is 10.1. The fourth-order valence-electron chi connectivity index (χ4n) is 1.58. The van der Waals surface area contributed by atoms with E-state index in [1.54, 1.807) is 0 Å². The molecule has 0 saturated carbocycles. The molecule has 0 bridgehead atoms. The summed E-state index contributed by atoms with van der Waals surface area (Å²) in [7, 11) is 0. The highest BCUT2D eigenvalue weighted by Gasteiger charge is 1.99. The second-order valence-electron chi connectivity index (χ2n) is 3.90. The van der Waals surface area contributed by atoms with E-state index in [9.17, 15) is 4.79 Å². The largest absolute Gasteiger partial charge is 0.399 e. The normalized spacial score (nSPS) is 9.17. The summed E-state index contributed by atoms with van der Waals surface area (Å²) in [5, 5.41) is 2.80. The molecule has 0 aliphatic rings. The van der Waals surface area contributed by atoms with Crippen LogP contribution in [0, 0.1) is 0 Å². The van der Waals surface area contributed by atoms with E-state index < -0.39 is 0 Å². The smallest absolute Gasteiger partial charge is 0.219 e. The molecule has 4 nitrogen and oxygen atoms in total. The molecule has 0 unspecified atom stereocenters. The average molecular weight is 250 g/mol. The van der Waals surface area contributed by atoms with Crippen LogP contribution in [0.1, 0.15) is 31.7 Å². The predicted molar refractivity (Wildman–Crippen MR) is 74.2 cm³/mol. The molecule has 0 aliphatic carbocycles. The van der Waals surface area contributed by atoms with E-state index in [2.05, 4.69) is 5.32 Å². The molecule has 0 saturated heterocycles. The van der Waals surface area contributed by atoms with E-state index in [1.165, 1.54) is 5.56 Å². The van der Waals surface area contributed by atoms with Crippen molar-refractivity contribution in [2.45, 2.75) is 32.6 Å². The highest BCUT2D eigenvalue weighted by Crippen LogP contribution is 2.09. The molecule has 1 rings (SSSR count). The van der Waals surface area contributed by atoms with Gasteiger partial charge in [0.2, 0.25) is 5.91 Å². The van der Waals surface area contributed by atoms with Gasteiger partial charge in [-0.2, -0.15) is 0 Å². The number of carbonyl (C=O) groups excluding carboxylic acids is 2. The van der Waals surface area contributed by atoms with Gasteiger partial charge in [-0.25, -0.2) is 0 Å². The lowest BCUT2D eigenvalue weighted by Gasteiger charge is -2.03. The molecule has 0 radical (unpaired) electrons. The van der Waals surface area contributed by atoms with Crippen molar-refractivity contribution in [1.29, 1.82) is 0 Å². The fraction of sp³-hybridized carbons (Fsp3) is 0.429. The van der Waals surface area contributed by atoms with Crippen molar-refractivity contribution < 1.29 is 9.59 Å². The van der Waals surface area contributed by atoms with E-state index >= 15 is 0 Å². The predicted octanol–water partition coefficient (Wildman–Crippen LogP) is 1.93. The number of hydrogen-bond acceptors (Lipinski definition) is 3. The van der Waals surface area contributed by atoms with Crippen LogP contribution >= 0.6 is 0 Å². The summed E-state index contributed by atoms with van der Waals surface area (Å²) in [6.45, 7) is 4.66. The van der Waals surface area contributed by atoms with Crippen LogP contribution in [0.5, 0.6) is 0 Å². The molecule has 0 atom stereocenters. The van der Waals surface area contributed by atoms with Crippen LogP contribution in [-0.4, -0.2) is 19.2 Å². The summed E-state index contributed by atoms with van der Waals surface area (Å²) in [5.41, 5.74) is 7.68. The number of rotatable bonds is 6. The molecule has 0 heterocycles. The minimum atomic E-state index is 0.153. The molecule has 4 heteroatoms. The lowest BCUT2D eigenvalue weighted by Crippen LogP contribution is -2.22. The van der Waals surface area contributed by atoms with Gasteiger partial charge in [0.1, 0.15) is 6.79 Å². The molecule has 3 N–H and O–H groups in total. The monoisotopic (exact) mass is 250 g/mol. The average Bonchev–Trinajstić information content (AvgIpc) is 2.39. The number of hydrogen-bond donors (Lipinski definition) is 2. The van der Waals surface area contributed by atoms with E-state index in [-0.39, 0.29) is 5.91 Å². The molecule has 100 valence electrons. The number of carbonyl (C=O) groups is 2. The Morgan fingerprint density at radius 3 is 2.39 bits per heavy atom. The van der Waals surface area contributed by atoms with Gasteiger partial charge in [-0.3, -0.25) is 4.79 Å². The van der Waals surface area contributed by atoms with Gasteiger partial charge >= 0.3 is 0 Å². The maximum absolute atomic E-state index is 11.2. The Hall–Kier alpha value is -1.84. The summed E-state index contributed by atoms with van der Waals surface area (Å²) < 4.78 is 0. The summed E-state index contributed by atoms with van der Waals surface area (Å²) in [6.07, 6.45) is 3.62. The van der Waals surface area contributed by atoms with Crippen LogP contribution < -0.4 is 11.1 Å². The van der Waals surface area contributed by atoms with E-state index in [0.29, 0.717) is 6.42 Å². The quantitative estimate of drug-likeness (QED) is 0.598. The maximum Gasteiger partial charge on any atom is 0.219 e. The fourth-order valence-corrected chi connectivity index (χ4v) is 1.58. The van der Waals surface area contributed by atoms with Gasteiger partial charge in [0.25, 0.3) is 0 Å². The van der Waals surface area contributed by atoms with Gasteiger partial charge in [0, 0.05) is 18.7 Å². The Morgan fingerprint density at radius 1 is 1.22 bits per heavy atom. The number of aryl methyl sites for hydroxylation is 1. The zero-order chi connectivity index (χ0) is 13.8. The van der Waals surface area contributed by atoms with Crippen LogP contribution in [0.15, 0.2) is 24.3 Å². The Morgan fingerprint density at radius 2 is 1.83 bits per heavy atom. The summed E-state index contributed by atoms with van der Waals surface area (Å²) in [6, 6.07) is 7.92. The second kappa shape index (κ2) is 10.3. The van der Waals surface area contributed by atoms with Crippen molar-refractivity contribution >= 4 is 18.4 Å². The van der Waals surface area contributed by atoms with Crippen molar-refractivity contribution in [1.82, 2.24) is 5.32 Å². The second-order valence-corrected chi connectivity index (χ2v) is 3.90. The number of nitrogens with one attached hydrogen (secondary N) is 1. The van der Waals surface area contributed by atoms with Crippen molar-refractivity contribution in [3.8, 4) is 0 Å². The minimum absolute atomic E-state index is 0.153. The third-order valence-electron chi connectivity index (χ3n) is 2.47. The van der Waals surface area contributed by atoms with Gasteiger partial charge in [-0.15, -0.1) is 0 Å². The van der Waals surface area contributed by atoms with Crippen LogP contribution in [0.2, 0.25) is 0 Å². The number of amides is 1. The molecule has 1 amide bonds. The van der Waals surface area contributed by atoms with Crippen molar-refractivity contribution in [2.24, 2.45) is 0 Å². The first-order chi connectivity index (χ1) is 8.72. The van der Waals surface area contributed by atoms with Crippen LogP contribution in [0.25, 0.3) is 0 Å². The molecule has 0 spiro atoms. The number of benzene rings is 1. The Bertz CT molecular complexity index is 336. The van der Waals surface area contributed by atoms with Crippen molar-refractivity contribution in [3.63, 3.8) is 0 Å². The number of nitrogen functional groups attached to an aromatic ring is 1. The molecule has 0 aromatic heterocycles. The van der Waals surface area contributed by atoms with Crippen LogP contribution in [0.4, 0.5) is 5.69 Å². The molecular formula is C14H22N2O2. The van der Waals surface area contributed by atoms with Crippen molar-refractivity contribution in [2.75, 3.05) is 12.3 Å². The lowest BCUT2D eigenvalue weighted by molar-refractivity contribution is -0.121. The van der Waals surface area contributed by atoms with E-state index in [0.717, 1.165) is 31.5 Å². The first kappa shape index (κ1) is 16.2. The highest BCUT2D eigenvalue weighted by molar-refractivity contribution is 5.75. The molecule has 0 aliphatic heterocycles. The number of nitrogens with two attached hydrogens (primary N) is 1. The highest BCUT2D eigenvalue weighted by atomic mass is 16.1. The van der Waals surface area contributed by atoms with Gasteiger partial charge < -0.3 is 15.8 Å². The van der Waals surface area contributed by atoms with Gasteiger partial charge in [-0.05, 0) is 43.9 Å². The molecule has 0 fully saturated rings. The van der Waals surface area contributed by atoms with Gasteiger partial charge in [-0.1, -0.05) is 12.1 Å². The Balaban J connectivity index is 0.00000137. The molecule has 1 aromatic rings. The number of anilines is 1. The summed E-state index contributed by atoms with van der Waals surface area (Å²) >= 11 is 0. The summed E-state index contributed by atoms with van der Waals surface area (Å²) in [5.74, 6) is 0.153. The SMILES string of the molecule is C=O.CCNC(=O)CCCCc1ccc(N)cc1. The zero-order valence-electron chi connectivity index (χ0n) is 10.9. The topological polar surface area (TPSA) is 72.2 Å². The first-order valence-electron chi connectivity index (χ1n) is 6.12. The molecule has 18 heavy (non-hydrogen) atoms. The van der Waals surface area contributed by atoms with Crippen molar-refractivity contribution in [3.05, 3.63) is 29.8 Å². The third-order valence-corrected chi connectivity index (χ3v) is 2.47. The molecule has 1 aromatic carbocycles. The van der Waals surface area contributed by atoms with Crippen LogP contribution in [0.3, 0.4) is 0 Å². The Kier molecular flexibility index (Phi) is 9.27. The van der Waals surface area contributed by atoms with E-state index in [4.69, 9.17) is 10.5 Å². The molecular weight excluding hydrogens is 228 g/mol. The standard InChI is InChI=1S/C13H20N2O.CH2O/c1-2-15-13(16)6-4-3-5-11-7-9-12(14)10-8-11;1-2/h7-10H,2-6,14H2,1H3,(H,15,16);1H2. The third kappa shape index (κ3) is 7.44. The van der Waals surface area contributed by atoms with Gasteiger partial charge in [0.05, 0.1) is 0 Å².